The van der Waals surface area contributed by atoms with E-state index in [0.717, 1.165) is 0 Å². The highest BCUT2D eigenvalue weighted by atomic mass is 35.5. The number of hydrogen-bond donors (Lipinski definition) is 3. The van der Waals surface area contributed by atoms with Crippen LogP contribution in [0.25, 0.3) is 0 Å². The molecule has 0 aliphatic rings. The molecule has 0 aliphatic carbocycles. The van der Waals surface area contributed by atoms with E-state index in [9.17, 15) is 19.7 Å². The summed E-state index contributed by atoms with van der Waals surface area (Å²) in [5, 5.41) is 13.3. The quantitative estimate of drug-likeness (QED) is 0.105. The number of hydrogen-bond acceptors (Lipinski definition) is 10. The van der Waals surface area contributed by atoms with E-state index in [2.05, 4.69) is 25.6 Å². The molecule has 1 atom stereocenters. The number of halogens is 2. The van der Waals surface area contributed by atoms with Crippen LogP contribution >= 0.6 is 23.2 Å². The fourth-order valence-electron chi connectivity index (χ4n) is 3.28. The molecule has 0 saturated heterocycles. The van der Waals surface area contributed by atoms with E-state index < -0.39 is 23.1 Å². The number of aromatic amines is 1. The Morgan fingerprint density at radius 1 is 1.08 bits per heavy atom. The van der Waals surface area contributed by atoms with Crippen LogP contribution in [0.2, 0.25) is 10.0 Å². The van der Waals surface area contributed by atoms with Gasteiger partial charge in [0.2, 0.25) is 0 Å². The number of imidazole rings is 1. The Bertz CT molecular complexity index is 1210. The lowest BCUT2D eigenvalue weighted by Gasteiger charge is -2.17. The second-order valence-corrected chi connectivity index (χ2v) is 8.73. The number of aromatic nitrogens is 2. The van der Waals surface area contributed by atoms with E-state index in [1.165, 1.54) is 12.5 Å². The van der Waals surface area contributed by atoms with Gasteiger partial charge in [0.25, 0.3) is 5.09 Å². The van der Waals surface area contributed by atoms with Crippen molar-refractivity contribution in [3.8, 4) is 0 Å². The van der Waals surface area contributed by atoms with Crippen molar-refractivity contribution in [3.05, 3.63) is 86.4 Å². The summed E-state index contributed by atoms with van der Waals surface area (Å²) in [5.41, 5.74) is 4.81. The number of ether oxygens (including phenoxy) is 1. The summed E-state index contributed by atoms with van der Waals surface area (Å²) in [7, 11) is 0. The molecule has 202 valence electrons. The van der Waals surface area contributed by atoms with Crippen molar-refractivity contribution in [3.63, 3.8) is 0 Å². The zero-order valence-electron chi connectivity index (χ0n) is 20.0. The van der Waals surface area contributed by atoms with Crippen molar-refractivity contribution in [2.45, 2.75) is 31.7 Å². The van der Waals surface area contributed by atoms with Crippen LogP contribution < -0.4 is 10.8 Å². The number of rotatable bonds is 15. The monoisotopic (exact) mass is 565 g/mol. The van der Waals surface area contributed by atoms with Gasteiger partial charge in [-0.2, -0.15) is 0 Å². The maximum atomic E-state index is 12.7. The van der Waals surface area contributed by atoms with Gasteiger partial charge in [0, 0.05) is 24.0 Å². The van der Waals surface area contributed by atoms with E-state index in [1.807, 2.05) is 0 Å². The highest BCUT2D eigenvalue weighted by Gasteiger charge is 2.23. The molecule has 2 aromatic carbocycles. The van der Waals surface area contributed by atoms with Crippen molar-refractivity contribution in [1.29, 1.82) is 0 Å². The van der Waals surface area contributed by atoms with Crippen molar-refractivity contribution < 1.29 is 29.1 Å². The molecule has 3 aromatic rings. The van der Waals surface area contributed by atoms with Gasteiger partial charge in [-0.05, 0) is 36.6 Å². The third-order valence-electron chi connectivity index (χ3n) is 5.13. The van der Waals surface area contributed by atoms with Gasteiger partial charge in [0.15, 0.2) is 0 Å². The summed E-state index contributed by atoms with van der Waals surface area (Å²) in [6.07, 6.45) is 3.65. The van der Waals surface area contributed by atoms with Crippen LogP contribution in [0.1, 0.15) is 24.1 Å². The van der Waals surface area contributed by atoms with Crippen LogP contribution in [0.4, 0.5) is 11.4 Å². The van der Waals surface area contributed by atoms with Gasteiger partial charge >= 0.3 is 11.9 Å². The topological polar surface area (TPSA) is 158 Å². The fraction of sp³-hybridized carbons (Fsp3) is 0.292. The maximum absolute atomic E-state index is 12.7. The third kappa shape index (κ3) is 9.21. The Morgan fingerprint density at radius 2 is 1.82 bits per heavy atom. The molecular weight excluding hydrogens is 541 g/mol. The number of anilines is 2. The first kappa shape index (κ1) is 28.7. The van der Waals surface area contributed by atoms with E-state index in [4.69, 9.17) is 32.8 Å². The van der Waals surface area contributed by atoms with Crippen LogP contribution in [-0.4, -0.2) is 46.2 Å². The molecule has 0 unspecified atom stereocenters. The number of nitrogens with one attached hydrogen (secondary N) is 3. The normalized spacial score (nSPS) is 11.4. The van der Waals surface area contributed by atoms with Crippen LogP contribution in [0.5, 0.6) is 0 Å². The van der Waals surface area contributed by atoms with Crippen molar-refractivity contribution in [2.75, 3.05) is 18.5 Å². The highest BCUT2D eigenvalue weighted by Crippen LogP contribution is 2.33. The second kappa shape index (κ2) is 14.8. The average molecular weight is 566 g/mol. The number of carbonyl (C=O) groups is 2. The van der Waals surface area contributed by atoms with Gasteiger partial charge in [0.05, 0.1) is 41.7 Å². The standard InChI is InChI=1S/C24H25Cl2N5O7/c25-18-7-5-8-19(26)23(18)29-20-9-2-1-6-16(20)12-22(32)38-30-21(13-17-14-27-15-28-17)24(33)36-10-3-4-11-37-31(34)35/h1-2,5-9,14-15,21,29-30H,3-4,10-13H2,(H,27,28)/t21-/m0/s1. The molecule has 0 fully saturated rings. The van der Waals surface area contributed by atoms with Gasteiger partial charge in [-0.25, -0.2) is 4.98 Å². The Hall–Kier alpha value is -3.87. The lowest BCUT2D eigenvalue weighted by molar-refractivity contribution is -0.757. The minimum Gasteiger partial charge on any atom is -0.464 e. The maximum Gasteiger partial charge on any atom is 0.329 e. The molecule has 0 bridgehead atoms. The molecule has 0 radical (unpaired) electrons. The minimum absolute atomic E-state index is 0.0126. The SMILES string of the molecule is O=C(Cc1ccccc1Nc1c(Cl)cccc1Cl)ON[C@@H](Cc1cnc[nH]1)C(=O)OCCCCO[N+](=O)[O-]. The van der Waals surface area contributed by atoms with Crippen molar-refractivity contribution >= 4 is 46.5 Å². The van der Waals surface area contributed by atoms with Crippen LogP contribution in [0.3, 0.4) is 0 Å². The van der Waals surface area contributed by atoms with E-state index >= 15 is 0 Å². The molecule has 0 aliphatic heterocycles. The first-order chi connectivity index (χ1) is 18.3. The summed E-state index contributed by atoms with van der Waals surface area (Å²) >= 11 is 12.5. The fourth-order valence-corrected chi connectivity index (χ4v) is 3.77. The molecule has 0 spiro atoms. The number of hydroxylamine groups is 1. The molecular formula is C24H25Cl2N5O7. The predicted octanol–water partition coefficient (Wildman–Crippen LogP) is 4.19. The summed E-state index contributed by atoms with van der Waals surface area (Å²) < 4.78 is 5.23. The Labute approximate surface area is 227 Å². The number of carbonyl (C=O) groups excluding carboxylic acids is 2. The Balaban J connectivity index is 1.57. The average Bonchev–Trinajstić information content (AvgIpc) is 3.40. The zero-order valence-corrected chi connectivity index (χ0v) is 21.5. The van der Waals surface area contributed by atoms with E-state index in [1.54, 1.807) is 42.5 Å². The smallest absolute Gasteiger partial charge is 0.329 e. The van der Waals surface area contributed by atoms with Gasteiger partial charge < -0.3 is 24.7 Å². The molecule has 3 rings (SSSR count). The summed E-state index contributed by atoms with van der Waals surface area (Å²) in [6, 6.07) is 11.2. The van der Waals surface area contributed by atoms with Crippen molar-refractivity contribution in [1.82, 2.24) is 15.4 Å². The van der Waals surface area contributed by atoms with Crippen LogP contribution in [0, 0.1) is 10.1 Å². The van der Waals surface area contributed by atoms with Gasteiger partial charge in [-0.1, -0.05) is 47.5 Å². The molecule has 1 heterocycles. The summed E-state index contributed by atoms with van der Waals surface area (Å²) in [5.74, 6) is -1.32. The zero-order chi connectivity index (χ0) is 27.3. The number of para-hydroxylation sites is 2. The third-order valence-corrected chi connectivity index (χ3v) is 5.76. The van der Waals surface area contributed by atoms with Crippen LogP contribution in [0.15, 0.2) is 55.0 Å². The molecule has 3 N–H and O–H groups in total. The lowest BCUT2D eigenvalue weighted by atomic mass is 10.1. The number of benzene rings is 2. The number of H-pyrrole nitrogens is 1. The first-order valence-corrected chi connectivity index (χ1v) is 12.2. The number of nitrogens with zero attached hydrogens (tertiary/aromatic N) is 2. The minimum atomic E-state index is -1.02. The Morgan fingerprint density at radius 3 is 2.53 bits per heavy atom. The Kier molecular flexibility index (Phi) is 11.1. The van der Waals surface area contributed by atoms with E-state index in [0.29, 0.717) is 45.5 Å². The van der Waals surface area contributed by atoms with E-state index in [-0.39, 0.29) is 26.1 Å². The number of esters is 1. The molecule has 0 amide bonds. The molecule has 0 saturated carbocycles. The first-order valence-electron chi connectivity index (χ1n) is 11.5. The molecule has 14 heteroatoms. The van der Waals surface area contributed by atoms with Gasteiger partial charge in [-0.3, -0.25) is 9.59 Å². The summed E-state index contributed by atoms with van der Waals surface area (Å²) in [6.45, 7) is -0.0876. The second-order valence-electron chi connectivity index (χ2n) is 7.91. The van der Waals surface area contributed by atoms with Gasteiger partial charge in [0.1, 0.15) is 6.04 Å². The predicted molar refractivity (Wildman–Crippen MR) is 138 cm³/mol. The molecule has 12 nitrogen and oxygen atoms in total. The van der Waals surface area contributed by atoms with Crippen molar-refractivity contribution in [2.24, 2.45) is 0 Å². The summed E-state index contributed by atoms with van der Waals surface area (Å²) in [4.78, 5) is 51.7. The van der Waals surface area contributed by atoms with Crippen LogP contribution in [-0.2, 0) is 36.8 Å². The van der Waals surface area contributed by atoms with Gasteiger partial charge in [-0.15, -0.1) is 15.6 Å². The molecule has 38 heavy (non-hydrogen) atoms. The molecule has 1 aromatic heterocycles. The number of unbranched alkanes of at least 4 members (excludes halogenated alkanes) is 1. The lowest BCUT2D eigenvalue weighted by Crippen LogP contribution is -2.41. The highest BCUT2D eigenvalue weighted by molar-refractivity contribution is 6.39. The largest absolute Gasteiger partial charge is 0.464 e.